The van der Waals surface area contributed by atoms with E-state index in [1.165, 1.54) is 35.9 Å². The van der Waals surface area contributed by atoms with Crippen molar-refractivity contribution >= 4 is 48.7 Å². The molecule has 1 aliphatic heterocycles. The van der Waals surface area contributed by atoms with Crippen LogP contribution in [0.5, 0.6) is 5.75 Å². The molecule has 0 unspecified atom stereocenters. The van der Waals surface area contributed by atoms with Gasteiger partial charge in [0.05, 0.1) is 23.4 Å². The lowest BCUT2D eigenvalue weighted by Gasteiger charge is -2.36. The van der Waals surface area contributed by atoms with Gasteiger partial charge in [-0.05, 0) is 66.4 Å². The summed E-state index contributed by atoms with van der Waals surface area (Å²) in [7, 11) is -0.929. The van der Waals surface area contributed by atoms with Crippen LogP contribution in [-0.4, -0.2) is 59.6 Å². The molecule has 1 aliphatic rings. The second-order valence-corrected chi connectivity index (χ2v) is 12.2. The first-order valence-electron chi connectivity index (χ1n) is 12.1. The molecule has 198 valence electrons. The molecule has 0 radical (unpaired) electrons. The predicted molar refractivity (Wildman–Crippen MR) is 150 cm³/mol. The lowest BCUT2D eigenvalue weighted by atomic mass is 10.2. The van der Waals surface area contributed by atoms with Crippen LogP contribution in [0.1, 0.15) is 15.2 Å². The summed E-state index contributed by atoms with van der Waals surface area (Å²) in [5.74, 6) is -0.0612. The molecular formula is C28H28FN3O4S2. The van der Waals surface area contributed by atoms with Crippen LogP contribution in [0.2, 0.25) is 0 Å². The van der Waals surface area contributed by atoms with Gasteiger partial charge in [0, 0.05) is 37.9 Å². The van der Waals surface area contributed by atoms with Crippen LogP contribution in [0, 0.1) is 12.7 Å². The summed E-state index contributed by atoms with van der Waals surface area (Å²) in [6.45, 7) is 3.91. The summed E-state index contributed by atoms with van der Waals surface area (Å²) >= 11 is 1.38. The van der Waals surface area contributed by atoms with Gasteiger partial charge in [-0.15, -0.1) is 11.3 Å². The number of piperazine rings is 1. The number of aryl methyl sites for hydroxylation is 1. The van der Waals surface area contributed by atoms with Crippen LogP contribution in [0.3, 0.4) is 0 Å². The van der Waals surface area contributed by atoms with Crippen molar-refractivity contribution in [3.63, 3.8) is 0 Å². The Morgan fingerprint density at radius 1 is 1.00 bits per heavy atom. The first-order chi connectivity index (χ1) is 18.2. The van der Waals surface area contributed by atoms with Crippen molar-refractivity contribution in [3.8, 4) is 5.75 Å². The SMILES string of the molecule is COc1ccc(C)cc1S(=O)(=O)N(C)c1ccc2sc(C(=O)N3CCN(c4ccccc4F)CC3)cc2c1. The monoisotopic (exact) mass is 553 g/mol. The maximum absolute atomic E-state index is 14.2. The van der Waals surface area contributed by atoms with Gasteiger partial charge >= 0.3 is 0 Å². The Labute approximate surface area is 225 Å². The van der Waals surface area contributed by atoms with Gasteiger partial charge in [0.15, 0.2) is 0 Å². The number of rotatable bonds is 6. The first kappa shape index (κ1) is 26.0. The van der Waals surface area contributed by atoms with Crippen molar-refractivity contribution in [2.24, 2.45) is 0 Å². The van der Waals surface area contributed by atoms with Crippen molar-refractivity contribution in [1.29, 1.82) is 0 Å². The van der Waals surface area contributed by atoms with Crippen LogP contribution < -0.4 is 13.9 Å². The van der Waals surface area contributed by atoms with E-state index in [0.717, 1.165) is 15.6 Å². The number of thiophene rings is 1. The van der Waals surface area contributed by atoms with Gasteiger partial charge in [0.25, 0.3) is 15.9 Å². The Morgan fingerprint density at radius 2 is 1.74 bits per heavy atom. The van der Waals surface area contributed by atoms with Gasteiger partial charge in [-0.25, -0.2) is 12.8 Å². The number of para-hydroxylation sites is 1. The molecule has 4 aromatic rings. The van der Waals surface area contributed by atoms with Crippen molar-refractivity contribution < 1.29 is 22.3 Å². The lowest BCUT2D eigenvalue weighted by Crippen LogP contribution is -2.48. The van der Waals surface area contributed by atoms with E-state index in [2.05, 4.69) is 0 Å². The maximum atomic E-state index is 14.2. The fraction of sp³-hybridized carbons (Fsp3) is 0.250. The quantitative estimate of drug-likeness (QED) is 0.331. The summed E-state index contributed by atoms with van der Waals surface area (Å²) in [5, 5.41) is 0.791. The Bertz CT molecular complexity index is 1610. The summed E-state index contributed by atoms with van der Waals surface area (Å²) in [6, 6.07) is 18.9. The zero-order chi connectivity index (χ0) is 27.0. The molecule has 0 spiro atoms. The third-order valence-electron chi connectivity index (χ3n) is 6.79. The van der Waals surface area contributed by atoms with Gasteiger partial charge in [0.2, 0.25) is 0 Å². The predicted octanol–water partition coefficient (Wildman–Crippen LogP) is 5.14. The van der Waals surface area contributed by atoms with E-state index in [4.69, 9.17) is 4.74 Å². The number of fused-ring (bicyclic) bond motifs is 1. The average Bonchev–Trinajstić information content (AvgIpc) is 3.36. The highest BCUT2D eigenvalue weighted by Gasteiger charge is 2.27. The number of amides is 1. The molecule has 1 fully saturated rings. The Balaban J connectivity index is 1.34. The summed E-state index contributed by atoms with van der Waals surface area (Å²) in [4.78, 5) is 17.7. The number of carbonyl (C=O) groups excluding carboxylic acids is 1. The number of sulfonamides is 1. The number of hydrogen-bond donors (Lipinski definition) is 0. The van der Waals surface area contributed by atoms with Gasteiger partial charge in [-0.2, -0.15) is 0 Å². The van der Waals surface area contributed by atoms with Gasteiger partial charge in [0.1, 0.15) is 16.5 Å². The maximum Gasteiger partial charge on any atom is 0.267 e. The Kier molecular flexibility index (Phi) is 7.02. The number of halogens is 1. The molecule has 1 amide bonds. The standard InChI is InChI=1S/C28H28FN3O4S2/c1-19-8-10-24(36-3)27(16-19)38(34,35)30(2)21-9-11-25-20(17-21)18-26(37-25)28(33)32-14-12-31(13-15-32)23-7-5-4-6-22(23)29/h4-11,16-18H,12-15H2,1-3H3. The van der Waals surface area contributed by atoms with Crippen molar-refractivity contribution in [1.82, 2.24) is 4.90 Å². The Hall–Kier alpha value is -3.63. The molecule has 1 saturated heterocycles. The highest BCUT2D eigenvalue weighted by molar-refractivity contribution is 7.93. The largest absolute Gasteiger partial charge is 0.495 e. The van der Waals surface area contributed by atoms with E-state index >= 15 is 0 Å². The number of nitrogens with zero attached hydrogens (tertiary/aromatic N) is 3. The molecule has 0 bridgehead atoms. The normalized spacial score (nSPS) is 14.1. The third-order valence-corrected chi connectivity index (χ3v) is 9.70. The number of carbonyl (C=O) groups is 1. The number of benzene rings is 3. The second kappa shape index (κ2) is 10.3. The van der Waals surface area contributed by atoms with E-state index in [1.807, 2.05) is 24.0 Å². The van der Waals surface area contributed by atoms with Gasteiger partial charge < -0.3 is 14.5 Å². The minimum absolute atomic E-state index is 0.0774. The first-order valence-corrected chi connectivity index (χ1v) is 14.4. The van der Waals surface area contributed by atoms with Crippen LogP contribution in [0.25, 0.3) is 10.1 Å². The van der Waals surface area contributed by atoms with Crippen LogP contribution in [0.15, 0.2) is 71.6 Å². The van der Waals surface area contributed by atoms with E-state index in [1.54, 1.807) is 53.4 Å². The van der Waals surface area contributed by atoms with Gasteiger partial charge in [-0.3, -0.25) is 9.10 Å². The molecule has 0 N–H and O–H groups in total. The summed E-state index contributed by atoms with van der Waals surface area (Å²) < 4.78 is 48.4. The molecule has 7 nitrogen and oxygen atoms in total. The fourth-order valence-electron chi connectivity index (χ4n) is 4.62. The molecule has 10 heteroatoms. The highest BCUT2D eigenvalue weighted by Crippen LogP contribution is 2.34. The van der Waals surface area contributed by atoms with Crippen molar-refractivity contribution in [2.75, 3.05) is 49.5 Å². The lowest BCUT2D eigenvalue weighted by molar-refractivity contribution is 0.0751. The molecule has 0 aliphatic carbocycles. The fourth-order valence-corrected chi connectivity index (χ4v) is 7.06. The third kappa shape index (κ3) is 4.81. The van der Waals surface area contributed by atoms with E-state index < -0.39 is 10.0 Å². The van der Waals surface area contributed by atoms with Crippen LogP contribution >= 0.6 is 11.3 Å². The topological polar surface area (TPSA) is 70.2 Å². The second-order valence-electron chi connectivity index (χ2n) is 9.19. The molecule has 3 aromatic carbocycles. The van der Waals surface area contributed by atoms with Crippen molar-refractivity contribution in [3.05, 3.63) is 83.0 Å². The molecular weight excluding hydrogens is 525 g/mol. The van der Waals surface area contributed by atoms with Crippen LogP contribution in [0.4, 0.5) is 15.8 Å². The van der Waals surface area contributed by atoms with E-state index in [9.17, 15) is 17.6 Å². The molecule has 38 heavy (non-hydrogen) atoms. The van der Waals surface area contributed by atoms with Crippen molar-refractivity contribution in [2.45, 2.75) is 11.8 Å². The minimum Gasteiger partial charge on any atom is -0.495 e. The molecule has 5 rings (SSSR count). The van der Waals surface area contributed by atoms with Gasteiger partial charge in [-0.1, -0.05) is 18.2 Å². The zero-order valence-corrected chi connectivity index (χ0v) is 23.0. The molecule has 0 atom stereocenters. The number of anilines is 2. The molecule has 1 aromatic heterocycles. The smallest absolute Gasteiger partial charge is 0.267 e. The van der Waals surface area contributed by atoms with E-state index in [0.29, 0.717) is 42.4 Å². The Morgan fingerprint density at radius 3 is 2.45 bits per heavy atom. The number of ether oxygens (including phenoxy) is 1. The highest BCUT2D eigenvalue weighted by atomic mass is 32.2. The number of hydrogen-bond acceptors (Lipinski definition) is 6. The van der Waals surface area contributed by atoms with Crippen LogP contribution in [-0.2, 0) is 10.0 Å². The summed E-state index contributed by atoms with van der Waals surface area (Å²) in [6.07, 6.45) is 0. The zero-order valence-electron chi connectivity index (χ0n) is 21.3. The minimum atomic E-state index is -3.88. The number of methoxy groups -OCH3 is 1. The average molecular weight is 554 g/mol. The molecule has 2 heterocycles. The summed E-state index contributed by atoms with van der Waals surface area (Å²) in [5.41, 5.74) is 1.84. The van der Waals surface area contributed by atoms with E-state index in [-0.39, 0.29) is 22.4 Å². The molecule has 0 saturated carbocycles.